The van der Waals surface area contributed by atoms with Gasteiger partial charge in [0.1, 0.15) is 0 Å². The number of carbonyl (C=O) groups is 1. The van der Waals surface area contributed by atoms with E-state index >= 15 is 0 Å². The van der Waals surface area contributed by atoms with Crippen molar-refractivity contribution in [3.8, 4) is 0 Å². The molecule has 0 spiro atoms. The molecule has 0 aliphatic heterocycles. The van der Waals surface area contributed by atoms with Crippen LogP contribution in [0.4, 0.5) is 0 Å². The molecule has 0 aliphatic carbocycles. The van der Waals surface area contributed by atoms with Gasteiger partial charge >= 0.3 is 5.97 Å². The van der Waals surface area contributed by atoms with E-state index in [0.717, 1.165) is 0 Å². The van der Waals surface area contributed by atoms with Crippen LogP contribution in [-0.4, -0.2) is 22.9 Å². The molecule has 6 nitrogen and oxygen atoms in total. The highest BCUT2D eigenvalue weighted by Gasteiger charge is 2.15. The number of hydrogen-bond acceptors (Lipinski definition) is 5. The quantitative estimate of drug-likeness (QED) is 0.404. The van der Waals surface area contributed by atoms with Crippen LogP contribution in [0, 0.1) is 5.21 Å². The molecule has 1 aromatic carbocycles. The number of aliphatic hydroxyl groups is 1. The number of hydroxylamine groups is 2. The molecular weight excluding hydrogens is 226 g/mol. The van der Waals surface area contributed by atoms with Crippen molar-refractivity contribution < 1.29 is 25.1 Å². The van der Waals surface area contributed by atoms with Crippen LogP contribution in [0.2, 0.25) is 0 Å². The van der Waals surface area contributed by atoms with Gasteiger partial charge in [-0.2, -0.15) is 5.23 Å². The van der Waals surface area contributed by atoms with Gasteiger partial charge in [-0.25, -0.2) is 10.0 Å². The minimum atomic E-state index is -1.29. The maximum atomic E-state index is 11.5. The Hall–Kier alpha value is -1.89. The molecule has 3 N–H and O–H groups in total. The van der Waals surface area contributed by atoms with Gasteiger partial charge in [0.05, 0.1) is 12.2 Å². The minimum absolute atomic E-state index is 0.129. The summed E-state index contributed by atoms with van der Waals surface area (Å²) in [6, 6.07) is 6.09. The summed E-state index contributed by atoms with van der Waals surface area (Å²) in [5, 5.41) is 27.2. The molecule has 92 valence electrons. The highest BCUT2D eigenvalue weighted by Crippen LogP contribution is 2.17. The highest BCUT2D eigenvalue weighted by atomic mass is 16.8. The predicted octanol–water partition coefficient (Wildman–Crippen LogP) is 0.492. The fraction of sp³-hybridized carbons (Fsp3) is 0.182. The van der Waals surface area contributed by atoms with E-state index in [9.17, 15) is 15.1 Å². The predicted molar refractivity (Wildman–Crippen MR) is 59.1 cm³/mol. The molecule has 1 unspecified atom stereocenters. The van der Waals surface area contributed by atoms with Gasteiger partial charge in [-0.05, 0) is 13.0 Å². The number of rotatable bonds is 4. The molecule has 17 heavy (non-hydrogen) atoms. The lowest BCUT2D eigenvalue weighted by Gasteiger charge is -2.10. The molecule has 0 radical (unpaired) electrons. The molecular formula is C11H13NO5. The van der Waals surface area contributed by atoms with Gasteiger partial charge in [0.15, 0.2) is 12.0 Å². The van der Waals surface area contributed by atoms with Crippen LogP contribution < -0.4 is 5.23 Å². The number of quaternary nitrogens is 1. The SMILES string of the molecule is CCOC(=O)c1ccccc1C(O)=C[NH+]([O-])O. The third-order valence-corrected chi connectivity index (χ3v) is 1.96. The Morgan fingerprint density at radius 1 is 1.47 bits per heavy atom. The number of nitrogens with one attached hydrogen (secondary N) is 1. The summed E-state index contributed by atoms with van der Waals surface area (Å²) in [5.74, 6) is -1.09. The second-order valence-electron chi connectivity index (χ2n) is 3.13. The summed E-state index contributed by atoms with van der Waals surface area (Å²) in [7, 11) is 0. The first-order valence-electron chi connectivity index (χ1n) is 4.96. The lowest BCUT2D eigenvalue weighted by atomic mass is 10.1. The van der Waals surface area contributed by atoms with Crippen LogP contribution in [0.25, 0.3) is 5.76 Å². The standard InChI is InChI=1S/C11H13NO5/c1-2-17-11(14)9-6-4-3-5-8(9)10(13)7-12(15)16/h3-7,12-13,15H,2H2,1H3. The zero-order chi connectivity index (χ0) is 12.8. The minimum Gasteiger partial charge on any atom is -0.595 e. The van der Waals surface area contributed by atoms with Gasteiger partial charge < -0.3 is 15.1 Å². The summed E-state index contributed by atoms with van der Waals surface area (Å²) in [6.07, 6.45) is 0.623. The van der Waals surface area contributed by atoms with E-state index in [0.29, 0.717) is 6.20 Å². The Bertz CT molecular complexity index is 428. The van der Waals surface area contributed by atoms with Gasteiger partial charge in [0, 0.05) is 5.56 Å². The Morgan fingerprint density at radius 2 is 2.06 bits per heavy atom. The summed E-state index contributed by atoms with van der Waals surface area (Å²) in [6.45, 7) is 1.87. The van der Waals surface area contributed by atoms with Gasteiger partial charge in [-0.15, -0.1) is 0 Å². The first-order valence-corrected chi connectivity index (χ1v) is 4.96. The fourth-order valence-electron chi connectivity index (χ4n) is 1.29. The van der Waals surface area contributed by atoms with Crippen molar-refractivity contribution in [1.29, 1.82) is 0 Å². The van der Waals surface area contributed by atoms with Crippen molar-refractivity contribution in [3.05, 3.63) is 46.8 Å². The fourth-order valence-corrected chi connectivity index (χ4v) is 1.29. The normalized spacial score (nSPS) is 13.2. The first-order chi connectivity index (χ1) is 8.06. The molecule has 0 fully saturated rings. The van der Waals surface area contributed by atoms with Crippen LogP contribution in [-0.2, 0) is 4.74 Å². The van der Waals surface area contributed by atoms with E-state index in [1.165, 1.54) is 12.1 Å². The number of ether oxygens (including phenoxy) is 1. The summed E-state index contributed by atoms with van der Waals surface area (Å²) in [4.78, 5) is 11.5. The third kappa shape index (κ3) is 3.56. The molecule has 0 aliphatic rings. The number of benzene rings is 1. The van der Waals surface area contributed by atoms with Crippen LogP contribution in [0.15, 0.2) is 30.5 Å². The molecule has 0 aromatic heterocycles. The molecule has 6 heteroatoms. The molecule has 0 bridgehead atoms. The van der Waals surface area contributed by atoms with Crippen molar-refractivity contribution in [2.45, 2.75) is 6.92 Å². The summed E-state index contributed by atoms with van der Waals surface area (Å²) in [5.41, 5.74) is 0.262. The third-order valence-electron chi connectivity index (χ3n) is 1.96. The highest BCUT2D eigenvalue weighted by molar-refractivity contribution is 5.94. The molecule has 1 atom stereocenters. The van der Waals surface area contributed by atoms with Gasteiger partial charge in [0.2, 0.25) is 0 Å². The van der Waals surface area contributed by atoms with Crippen molar-refractivity contribution in [3.63, 3.8) is 0 Å². The van der Waals surface area contributed by atoms with Crippen molar-refractivity contribution >= 4 is 11.7 Å². The molecule has 0 saturated heterocycles. The summed E-state index contributed by atoms with van der Waals surface area (Å²) >= 11 is 0. The molecule has 1 rings (SSSR count). The average molecular weight is 239 g/mol. The second-order valence-corrected chi connectivity index (χ2v) is 3.13. The number of hydrogen-bond donors (Lipinski definition) is 3. The van der Waals surface area contributed by atoms with Crippen LogP contribution >= 0.6 is 0 Å². The Labute approximate surface area is 97.9 Å². The lowest BCUT2D eigenvalue weighted by Crippen LogP contribution is -2.99. The van der Waals surface area contributed by atoms with Crippen LogP contribution in [0.1, 0.15) is 22.8 Å². The van der Waals surface area contributed by atoms with Crippen molar-refractivity contribution in [2.24, 2.45) is 0 Å². The smallest absolute Gasteiger partial charge is 0.338 e. The molecule has 0 amide bonds. The zero-order valence-electron chi connectivity index (χ0n) is 9.21. The number of aliphatic hydroxyl groups excluding tert-OH is 1. The number of esters is 1. The van der Waals surface area contributed by atoms with E-state index in [1.54, 1.807) is 19.1 Å². The first kappa shape index (κ1) is 13.2. The molecule has 0 saturated carbocycles. The average Bonchev–Trinajstić information content (AvgIpc) is 2.28. The maximum Gasteiger partial charge on any atom is 0.338 e. The van der Waals surface area contributed by atoms with E-state index in [4.69, 9.17) is 9.94 Å². The second kappa shape index (κ2) is 6.00. The van der Waals surface area contributed by atoms with Gasteiger partial charge in [-0.3, -0.25) is 0 Å². The number of carbonyl (C=O) groups excluding carboxylic acids is 1. The van der Waals surface area contributed by atoms with E-state index in [2.05, 4.69) is 0 Å². The van der Waals surface area contributed by atoms with Crippen molar-refractivity contribution in [2.75, 3.05) is 6.61 Å². The molecule has 0 heterocycles. The molecule has 1 aromatic rings. The van der Waals surface area contributed by atoms with Crippen molar-refractivity contribution in [1.82, 2.24) is 0 Å². The van der Waals surface area contributed by atoms with E-state index in [1.807, 2.05) is 0 Å². The summed E-state index contributed by atoms with van der Waals surface area (Å²) < 4.78 is 4.80. The van der Waals surface area contributed by atoms with Crippen LogP contribution in [0.3, 0.4) is 0 Å². The Balaban J connectivity index is 3.12. The maximum absolute atomic E-state index is 11.5. The van der Waals surface area contributed by atoms with E-state index in [-0.39, 0.29) is 17.7 Å². The topological polar surface area (TPSA) is 94.3 Å². The Morgan fingerprint density at radius 3 is 2.59 bits per heavy atom. The van der Waals surface area contributed by atoms with Crippen LogP contribution in [0.5, 0.6) is 0 Å². The zero-order valence-corrected chi connectivity index (χ0v) is 9.21. The Kier molecular flexibility index (Phi) is 4.65. The largest absolute Gasteiger partial charge is 0.595 e. The van der Waals surface area contributed by atoms with E-state index < -0.39 is 17.0 Å². The lowest BCUT2D eigenvalue weighted by molar-refractivity contribution is -1.00. The van der Waals surface area contributed by atoms with Gasteiger partial charge in [0.25, 0.3) is 0 Å². The monoisotopic (exact) mass is 239 g/mol. The van der Waals surface area contributed by atoms with Gasteiger partial charge in [-0.1, -0.05) is 18.2 Å².